The molecule has 406 valence electrons. The Bertz CT molecular complexity index is 5220. The lowest BCUT2D eigenvalue weighted by atomic mass is 9.97. The van der Waals surface area contributed by atoms with Crippen molar-refractivity contribution in [1.29, 1.82) is 10.5 Å². The molecule has 88 heavy (non-hydrogen) atoms. The van der Waals surface area contributed by atoms with Crippen molar-refractivity contribution in [3.63, 3.8) is 0 Å². The van der Waals surface area contributed by atoms with Gasteiger partial charge in [0.05, 0.1) is 81.2 Å². The summed E-state index contributed by atoms with van der Waals surface area (Å²) >= 11 is 0. The van der Waals surface area contributed by atoms with Crippen molar-refractivity contribution < 1.29 is 0 Å². The third kappa shape index (κ3) is 8.91. The zero-order chi connectivity index (χ0) is 59.2. The first kappa shape index (κ1) is 52.1. The van der Waals surface area contributed by atoms with E-state index in [-0.39, 0.29) is 0 Å². The average molecular weight is 1120 g/mol. The van der Waals surface area contributed by atoms with Gasteiger partial charge in [0.25, 0.3) is 0 Å². The van der Waals surface area contributed by atoms with Crippen LogP contribution in [0.1, 0.15) is 11.1 Å². The van der Waals surface area contributed by atoms with Gasteiger partial charge in [-0.15, -0.1) is 0 Å². The molecule has 0 atom stereocenters. The van der Waals surface area contributed by atoms with Gasteiger partial charge in [0.15, 0.2) is 17.2 Å². The third-order valence-corrected chi connectivity index (χ3v) is 16.7. The first-order valence-corrected chi connectivity index (χ1v) is 28.8. The van der Waals surface area contributed by atoms with Crippen molar-refractivity contribution in [2.75, 3.05) is 0 Å². The molecule has 0 aliphatic carbocycles. The molecule has 0 amide bonds. The van der Waals surface area contributed by atoms with Gasteiger partial charge >= 0.3 is 0 Å². The van der Waals surface area contributed by atoms with Crippen molar-refractivity contribution in [2.24, 2.45) is 0 Å². The Morgan fingerprint density at radius 2 is 0.659 bits per heavy atom. The summed E-state index contributed by atoms with van der Waals surface area (Å²) in [5, 5.41) is 24.7. The van der Waals surface area contributed by atoms with Gasteiger partial charge in [-0.2, -0.15) is 10.5 Å². The summed E-state index contributed by atoms with van der Waals surface area (Å²) in [6, 6.07) is 99.2. The van der Waals surface area contributed by atoms with Crippen LogP contribution < -0.4 is 0 Å². The monoisotopic (exact) mass is 1120 g/mol. The molecule has 3 aromatic heterocycles. The van der Waals surface area contributed by atoms with E-state index in [1.807, 2.05) is 146 Å². The van der Waals surface area contributed by atoms with E-state index in [1.165, 1.54) is 0 Å². The summed E-state index contributed by atoms with van der Waals surface area (Å²) < 4.78 is 4.70. The smallest absolute Gasteiger partial charge is 0.194 e. The fraction of sp³-hybridized carbons (Fsp3) is 0. The van der Waals surface area contributed by atoms with E-state index >= 15 is 0 Å². The molecule has 15 rings (SSSR count). The maximum atomic E-state index is 10.4. The highest BCUT2D eigenvalue weighted by atomic mass is 15.0. The molecule has 0 radical (unpaired) electrons. The molecule has 8 heteroatoms. The minimum atomic E-state index is 0.563. The highest BCUT2D eigenvalue weighted by molar-refractivity contribution is 6.14. The molecule has 0 fully saturated rings. The van der Waals surface area contributed by atoms with Gasteiger partial charge in [-0.25, -0.2) is 19.7 Å². The number of aromatic nitrogens is 4. The molecule has 0 N–H and O–H groups in total. The molecular weight excluding hydrogens is 1070 g/mol. The molecule has 0 spiro atoms. The van der Waals surface area contributed by atoms with Gasteiger partial charge in [0, 0.05) is 49.4 Å². The quantitative estimate of drug-likeness (QED) is 0.128. The number of fused-ring (bicyclic) bond motifs is 6. The minimum absolute atomic E-state index is 0.563. The number of nitriles is 2. The van der Waals surface area contributed by atoms with Crippen molar-refractivity contribution in [3.05, 3.63) is 313 Å². The Labute approximate surface area is 507 Å². The van der Waals surface area contributed by atoms with E-state index in [0.29, 0.717) is 28.3 Å². The van der Waals surface area contributed by atoms with Crippen molar-refractivity contribution >= 4 is 55.0 Å². The number of rotatable bonds is 10. The van der Waals surface area contributed by atoms with E-state index in [1.54, 1.807) is 0 Å². The van der Waals surface area contributed by atoms with Crippen molar-refractivity contribution in [1.82, 2.24) is 19.1 Å². The number of nitrogens with zero attached hydrogens (tertiary/aromatic N) is 8. The second-order valence-corrected chi connectivity index (χ2v) is 21.6. The minimum Gasteiger partial charge on any atom is -0.309 e. The Kier molecular flexibility index (Phi) is 12.9. The average Bonchev–Trinajstić information content (AvgIpc) is 1.67. The second kappa shape index (κ2) is 21.8. The highest BCUT2D eigenvalue weighted by Gasteiger charge is 2.24. The largest absolute Gasteiger partial charge is 0.309 e. The van der Waals surface area contributed by atoms with Crippen LogP contribution in [0.15, 0.2) is 279 Å². The van der Waals surface area contributed by atoms with Gasteiger partial charge < -0.3 is 9.13 Å². The second-order valence-electron chi connectivity index (χ2n) is 21.6. The maximum absolute atomic E-state index is 10.4. The zero-order valence-electron chi connectivity index (χ0n) is 47.1. The van der Waals surface area contributed by atoms with Gasteiger partial charge in [-0.05, 0) is 123 Å². The predicted octanol–water partition coefficient (Wildman–Crippen LogP) is 20.9. The Balaban J connectivity index is 1.03. The molecule has 3 heterocycles. The third-order valence-electron chi connectivity index (χ3n) is 16.7. The molecule has 15 aromatic rings. The van der Waals surface area contributed by atoms with Gasteiger partial charge in [-0.3, -0.25) is 0 Å². The maximum Gasteiger partial charge on any atom is 0.194 e. The SMILES string of the molecule is [C-]#[N+]c1ccccc1-c1ccc2c(c1)c1cc(-c3ccccc3C#N)ccc1n2-c1ccccc1-c1ccc(-c2cc(-c3ccccc3)nc(-c3ccccc3)n2)cc1-n1c2ccc(-c3ccccc3C#N)cc2c2cc(-c3ccccc3[N+]#[C-])ccc21. The topological polar surface area (TPSA) is 91.9 Å². The first-order valence-electron chi connectivity index (χ1n) is 28.8. The Hall–Kier alpha value is -12.7. The lowest BCUT2D eigenvalue weighted by molar-refractivity contribution is 1.15. The highest BCUT2D eigenvalue weighted by Crippen LogP contribution is 2.46. The van der Waals surface area contributed by atoms with Crippen molar-refractivity contribution in [2.45, 2.75) is 0 Å². The van der Waals surface area contributed by atoms with Crippen LogP contribution >= 0.6 is 0 Å². The molecule has 12 aromatic carbocycles. The van der Waals surface area contributed by atoms with E-state index in [0.717, 1.165) is 139 Å². The van der Waals surface area contributed by atoms with Crippen LogP contribution in [-0.2, 0) is 0 Å². The normalized spacial score (nSPS) is 11.1. The molecular formula is C80H46N8. The van der Waals surface area contributed by atoms with Crippen LogP contribution in [0.3, 0.4) is 0 Å². The summed E-state index contributed by atoms with van der Waals surface area (Å²) in [7, 11) is 0. The van der Waals surface area contributed by atoms with E-state index in [9.17, 15) is 10.5 Å². The standard InChI is InChI=1S/C80H46N8/c1-83-70-30-16-13-27-62(70)55-36-41-76-68(45-55)66-43-53(60-25-11-9-23-58(60)49-81)34-39-75(66)87(76)74-32-18-15-29-64(74)65-38-33-57(73-48-72(51-19-5-3-6-20-51)85-80(86-73)52-21-7-4-8-22-52)47-79(65)88-77-40-35-54(61-26-12-10-24-59(61)50-82)44-67(77)69-46-56(37-42-78(69)88)63-28-14-17-31-71(63)84-2/h3-48H. The van der Waals surface area contributed by atoms with E-state index in [2.05, 4.69) is 164 Å². The lowest BCUT2D eigenvalue weighted by Crippen LogP contribution is -2.02. The molecule has 0 saturated heterocycles. The zero-order valence-corrected chi connectivity index (χ0v) is 47.1. The fourth-order valence-electron chi connectivity index (χ4n) is 12.6. The summed E-state index contributed by atoms with van der Waals surface area (Å²) in [6.45, 7) is 16.3. The Morgan fingerprint density at radius 1 is 0.295 bits per heavy atom. The summed E-state index contributed by atoms with van der Waals surface area (Å²) in [5.74, 6) is 0.605. The van der Waals surface area contributed by atoms with Crippen LogP contribution in [0.2, 0.25) is 0 Å². The summed E-state index contributed by atoms with van der Waals surface area (Å²) in [5.41, 5.74) is 21.1. The first-order chi connectivity index (χ1) is 43.5. The molecule has 0 unspecified atom stereocenters. The number of hydrogen-bond acceptors (Lipinski definition) is 4. The fourth-order valence-corrected chi connectivity index (χ4v) is 12.6. The Morgan fingerprint density at radius 3 is 1.14 bits per heavy atom. The van der Waals surface area contributed by atoms with E-state index < -0.39 is 0 Å². The van der Waals surface area contributed by atoms with Gasteiger partial charge in [0.1, 0.15) is 0 Å². The lowest BCUT2D eigenvalue weighted by Gasteiger charge is -2.20. The molecule has 0 bridgehead atoms. The van der Waals surface area contributed by atoms with Crippen LogP contribution in [-0.4, -0.2) is 19.1 Å². The molecule has 8 nitrogen and oxygen atoms in total. The number of para-hydroxylation sites is 3. The van der Waals surface area contributed by atoms with Crippen molar-refractivity contribution in [3.8, 4) is 113 Å². The van der Waals surface area contributed by atoms with Gasteiger partial charge in [0.2, 0.25) is 0 Å². The molecule has 0 saturated carbocycles. The van der Waals surface area contributed by atoms with Crippen LogP contribution in [0.25, 0.3) is 154 Å². The number of benzene rings is 12. The molecule has 0 aliphatic heterocycles. The predicted molar refractivity (Wildman–Crippen MR) is 356 cm³/mol. The number of hydrogen-bond donors (Lipinski definition) is 0. The van der Waals surface area contributed by atoms with Crippen LogP contribution in [0.4, 0.5) is 11.4 Å². The van der Waals surface area contributed by atoms with Crippen LogP contribution in [0, 0.1) is 35.8 Å². The van der Waals surface area contributed by atoms with E-state index in [4.69, 9.17) is 23.1 Å². The summed E-state index contributed by atoms with van der Waals surface area (Å²) in [4.78, 5) is 18.4. The van der Waals surface area contributed by atoms with Crippen LogP contribution in [0.5, 0.6) is 0 Å². The van der Waals surface area contributed by atoms with Gasteiger partial charge in [-0.1, -0.05) is 200 Å². The molecule has 0 aliphatic rings. The summed E-state index contributed by atoms with van der Waals surface area (Å²) in [6.07, 6.45) is 0.